The largest absolute Gasteiger partial charge is 0.462 e. The van der Waals surface area contributed by atoms with Crippen LogP contribution in [0.4, 0.5) is 0 Å². The highest BCUT2D eigenvalue weighted by Crippen LogP contribution is 2.67. The molecule has 4 aliphatic carbocycles. The van der Waals surface area contributed by atoms with Gasteiger partial charge in [0.05, 0.1) is 0 Å². The lowest BCUT2D eigenvalue weighted by Gasteiger charge is -2.58. The van der Waals surface area contributed by atoms with Crippen LogP contribution < -0.4 is 0 Å². The fourth-order valence-corrected chi connectivity index (χ4v) is 9.52. The molecule has 3 fully saturated rings. The highest BCUT2D eigenvalue weighted by atomic mass is 16.5. The van der Waals surface area contributed by atoms with Crippen molar-refractivity contribution in [3.8, 4) is 0 Å². The van der Waals surface area contributed by atoms with Crippen molar-refractivity contribution in [2.45, 2.75) is 144 Å². The Hall–Kier alpha value is -0.790. The molecule has 3 saturated carbocycles. The van der Waals surface area contributed by atoms with Crippen molar-refractivity contribution >= 4 is 5.97 Å². The first-order chi connectivity index (χ1) is 16.7. The first-order valence-corrected chi connectivity index (χ1v) is 15.6. The Morgan fingerprint density at radius 1 is 1.00 bits per heavy atom. The molecule has 2 nitrogen and oxygen atoms in total. The third kappa shape index (κ3) is 5.57. The second-order valence-corrected chi connectivity index (χ2v) is 14.1. The molecule has 35 heavy (non-hydrogen) atoms. The van der Waals surface area contributed by atoms with E-state index in [4.69, 9.17) is 4.74 Å². The fraction of sp³-hybridized carbons (Fsp3) is 0.909. The van der Waals surface area contributed by atoms with E-state index in [0.717, 1.165) is 67.6 Å². The molecule has 0 aromatic carbocycles. The Morgan fingerprint density at radius 2 is 1.80 bits per heavy atom. The molecule has 0 aromatic rings. The lowest BCUT2D eigenvalue weighted by atomic mass is 9.47. The summed E-state index contributed by atoms with van der Waals surface area (Å²) in [5.74, 6) is 5.33. The predicted molar refractivity (Wildman–Crippen MR) is 147 cm³/mol. The maximum Gasteiger partial charge on any atom is 0.306 e. The molecular formula is C33H56O2. The van der Waals surface area contributed by atoms with Gasteiger partial charge in [-0.25, -0.2) is 0 Å². The summed E-state index contributed by atoms with van der Waals surface area (Å²) in [7, 11) is 0. The second kappa shape index (κ2) is 11.3. The number of carbonyl (C=O) groups is 1. The van der Waals surface area contributed by atoms with Crippen molar-refractivity contribution in [3.63, 3.8) is 0 Å². The predicted octanol–water partition coefficient (Wildman–Crippen LogP) is 9.52. The molecular weight excluding hydrogens is 428 g/mol. The highest BCUT2D eigenvalue weighted by Gasteiger charge is 2.59. The number of ether oxygens (including phenoxy) is 1. The van der Waals surface area contributed by atoms with Gasteiger partial charge in [-0.2, -0.15) is 0 Å². The highest BCUT2D eigenvalue weighted by molar-refractivity contribution is 5.69. The second-order valence-electron chi connectivity index (χ2n) is 14.1. The number of unbranched alkanes of at least 4 members (excludes halogenated alkanes) is 2. The van der Waals surface area contributed by atoms with E-state index in [0.29, 0.717) is 17.3 Å². The van der Waals surface area contributed by atoms with Crippen molar-refractivity contribution in [2.24, 2.45) is 46.3 Å². The molecule has 0 amide bonds. The van der Waals surface area contributed by atoms with Crippen molar-refractivity contribution in [2.75, 3.05) is 0 Å². The van der Waals surface area contributed by atoms with Crippen LogP contribution in [0.5, 0.6) is 0 Å². The van der Waals surface area contributed by atoms with E-state index < -0.39 is 0 Å². The summed E-state index contributed by atoms with van der Waals surface area (Å²) in [6, 6.07) is 0. The van der Waals surface area contributed by atoms with Gasteiger partial charge >= 0.3 is 5.97 Å². The average Bonchev–Trinajstić information content (AvgIpc) is 3.16. The summed E-state index contributed by atoms with van der Waals surface area (Å²) < 4.78 is 5.96. The smallest absolute Gasteiger partial charge is 0.306 e. The molecule has 2 heteroatoms. The van der Waals surface area contributed by atoms with Crippen molar-refractivity contribution in [1.82, 2.24) is 0 Å². The van der Waals surface area contributed by atoms with Crippen LogP contribution in [-0.2, 0) is 9.53 Å². The lowest BCUT2D eigenvalue weighted by Crippen LogP contribution is -2.51. The van der Waals surface area contributed by atoms with Gasteiger partial charge in [0.1, 0.15) is 6.10 Å². The van der Waals surface area contributed by atoms with Crippen LogP contribution in [0.15, 0.2) is 11.6 Å². The van der Waals surface area contributed by atoms with Crippen LogP contribution >= 0.6 is 0 Å². The summed E-state index contributed by atoms with van der Waals surface area (Å²) in [5, 5.41) is 0. The first-order valence-electron chi connectivity index (χ1n) is 15.6. The molecule has 0 saturated heterocycles. The Balaban J connectivity index is 1.39. The zero-order valence-corrected chi connectivity index (χ0v) is 24.0. The van der Waals surface area contributed by atoms with E-state index in [9.17, 15) is 4.79 Å². The summed E-state index contributed by atoms with van der Waals surface area (Å²) in [4.78, 5) is 12.4. The lowest BCUT2D eigenvalue weighted by molar-refractivity contribution is -0.151. The topological polar surface area (TPSA) is 26.3 Å². The minimum absolute atomic E-state index is 0.0364. The summed E-state index contributed by atoms with van der Waals surface area (Å²) in [6.45, 7) is 14.8. The maximum atomic E-state index is 12.4. The van der Waals surface area contributed by atoms with Crippen LogP contribution in [0.25, 0.3) is 0 Å². The Labute approximate surface area is 217 Å². The fourth-order valence-electron chi connectivity index (χ4n) is 9.52. The Morgan fingerprint density at radius 3 is 2.54 bits per heavy atom. The number of hydrogen-bond donors (Lipinski definition) is 0. The molecule has 200 valence electrons. The molecule has 4 aliphatic rings. The van der Waals surface area contributed by atoms with Crippen LogP contribution in [0.1, 0.15) is 138 Å². The van der Waals surface area contributed by atoms with E-state index in [1.807, 2.05) is 0 Å². The van der Waals surface area contributed by atoms with E-state index >= 15 is 0 Å². The number of hydrogen-bond acceptors (Lipinski definition) is 2. The number of rotatable bonds is 10. The zero-order chi connectivity index (χ0) is 25.2. The number of carbonyl (C=O) groups excluding carboxylic acids is 1. The summed E-state index contributed by atoms with van der Waals surface area (Å²) in [5.41, 5.74) is 2.54. The standard InChI is InChI=1S/C33H56O2/c1-7-8-9-13-31(34)35-26-18-20-32(5)25(22-26)14-15-27-29-17-16-28(24(4)12-10-11-23(2)3)33(29,6)21-19-30(27)32/h14,23-24,26-30H,7-13,15-22H2,1-6H3/t24-,26?,27+,28-,29+,30+,32+,33-/m1/s1. The monoisotopic (exact) mass is 484 g/mol. The molecule has 0 heterocycles. The first kappa shape index (κ1) is 27.3. The van der Waals surface area contributed by atoms with Crippen molar-refractivity contribution in [3.05, 3.63) is 11.6 Å². The van der Waals surface area contributed by atoms with Gasteiger partial charge in [-0.05, 0) is 97.7 Å². The van der Waals surface area contributed by atoms with Crippen LogP contribution in [0.2, 0.25) is 0 Å². The van der Waals surface area contributed by atoms with E-state index in [1.54, 1.807) is 5.57 Å². The molecule has 8 atom stereocenters. The van der Waals surface area contributed by atoms with Crippen LogP contribution in [0.3, 0.4) is 0 Å². The van der Waals surface area contributed by atoms with Gasteiger partial charge < -0.3 is 4.74 Å². The third-order valence-corrected chi connectivity index (χ3v) is 11.5. The number of allylic oxidation sites excluding steroid dienone is 1. The molecule has 0 aromatic heterocycles. The Kier molecular flexibility index (Phi) is 8.80. The van der Waals surface area contributed by atoms with Gasteiger partial charge in [0.25, 0.3) is 0 Å². The molecule has 0 bridgehead atoms. The van der Waals surface area contributed by atoms with Gasteiger partial charge in [0.15, 0.2) is 0 Å². The third-order valence-electron chi connectivity index (χ3n) is 11.5. The Bertz CT molecular complexity index is 752. The van der Waals surface area contributed by atoms with E-state index in [1.165, 1.54) is 57.8 Å². The molecule has 0 spiro atoms. The van der Waals surface area contributed by atoms with Crippen molar-refractivity contribution < 1.29 is 9.53 Å². The number of esters is 1. The average molecular weight is 485 g/mol. The summed E-state index contributed by atoms with van der Waals surface area (Å²) >= 11 is 0. The van der Waals surface area contributed by atoms with Gasteiger partial charge in [0.2, 0.25) is 0 Å². The summed E-state index contributed by atoms with van der Waals surface area (Å²) in [6.07, 6.45) is 21.2. The molecule has 0 aliphatic heterocycles. The van der Waals surface area contributed by atoms with Gasteiger partial charge in [-0.3, -0.25) is 4.79 Å². The molecule has 0 radical (unpaired) electrons. The minimum Gasteiger partial charge on any atom is -0.462 e. The minimum atomic E-state index is 0.0364. The van der Waals surface area contributed by atoms with Crippen molar-refractivity contribution in [1.29, 1.82) is 0 Å². The molecule has 4 rings (SSSR count). The zero-order valence-electron chi connectivity index (χ0n) is 24.0. The van der Waals surface area contributed by atoms with E-state index in [2.05, 4.69) is 47.6 Å². The normalized spacial score (nSPS) is 39.4. The molecule has 0 N–H and O–H groups in total. The molecule has 1 unspecified atom stereocenters. The van der Waals surface area contributed by atoms with Gasteiger partial charge in [-0.1, -0.05) is 85.3 Å². The van der Waals surface area contributed by atoms with Crippen LogP contribution in [-0.4, -0.2) is 12.1 Å². The maximum absolute atomic E-state index is 12.4. The van der Waals surface area contributed by atoms with Gasteiger partial charge in [-0.15, -0.1) is 0 Å². The SMILES string of the molecule is CCCCCC(=O)OC1CC[C@@]2(C)C(=CC[C@H]3[C@@H]4CC[C@H]([C@H](C)CCCC(C)C)[C@@]4(C)CC[C@@H]32)C1. The quantitative estimate of drug-likeness (QED) is 0.175. The number of fused-ring (bicyclic) bond motifs is 5. The van der Waals surface area contributed by atoms with Gasteiger partial charge in [0, 0.05) is 12.8 Å². The van der Waals surface area contributed by atoms with Crippen LogP contribution in [0, 0.1) is 46.3 Å². The van der Waals surface area contributed by atoms with E-state index in [-0.39, 0.29) is 12.1 Å².